The number of nitrogens with zero attached hydrogens (tertiary/aromatic N) is 1. The topological polar surface area (TPSA) is 42.0 Å². The SMILES string of the molecule is O=C(Nc1cccc(-c2csc(-c3ccccc3)n2)c1)c1ccccc1Cl. The zero-order valence-corrected chi connectivity index (χ0v) is 15.8. The van der Waals surface area contributed by atoms with Crippen molar-refractivity contribution in [3.8, 4) is 21.8 Å². The molecule has 0 aliphatic rings. The van der Waals surface area contributed by atoms with Gasteiger partial charge in [0.2, 0.25) is 0 Å². The first-order valence-corrected chi connectivity index (χ1v) is 9.64. The van der Waals surface area contributed by atoms with Gasteiger partial charge >= 0.3 is 0 Å². The van der Waals surface area contributed by atoms with Gasteiger partial charge in [-0.15, -0.1) is 11.3 Å². The predicted octanol–water partition coefficient (Wildman–Crippen LogP) is 6.38. The lowest BCUT2D eigenvalue weighted by atomic mass is 10.1. The fourth-order valence-electron chi connectivity index (χ4n) is 2.72. The van der Waals surface area contributed by atoms with Crippen LogP contribution in [-0.4, -0.2) is 10.9 Å². The van der Waals surface area contributed by atoms with Crippen LogP contribution in [0.3, 0.4) is 0 Å². The summed E-state index contributed by atoms with van der Waals surface area (Å²) in [6.45, 7) is 0. The summed E-state index contributed by atoms with van der Waals surface area (Å²) in [6.07, 6.45) is 0. The number of hydrogen-bond acceptors (Lipinski definition) is 3. The first-order chi connectivity index (χ1) is 13.2. The molecule has 0 fully saturated rings. The van der Waals surface area contributed by atoms with Crippen molar-refractivity contribution in [1.82, 2.24) is 4.98 Å². The van der Waals surface area contributed by atoms with Gasteiger partial charge in [0, 0.05) is 22.2 Å². The second-order valence-electron chi connectivity index (χ2n) is 5.92. The molecule has 0 unspecified atom stereocenters. The summed E-state index contributed by atoms with van der Waals surface area (Å²) in [5.41, 5.74) is 4.08. The van der Waals surface area contributed by atoms with Gasteiger partial charge in [0.1, 0.15) is 5.01 Å². The molecule has 1 amide bonds. The largest absolute Gasteiger partial charge is 0.322 e. The second kappa shape index (κ2) is 7.74. The number of nitrogens with one attached hydrogen (secondary N) is 1. The van der Waals surface area contributed by atoms with E-state index in [-0.39, 0.29) is 5.91 Å². The number of carbonyl (C=O) groups is 1. The van der Waals surface area contributed by atoms with Crippen LogP contribution in [0.15, 0.2) is 84.2 Å². The van der Waals surface area contributed by atoms with Crippen LogP contribution in [0.5, 0.6) is 0 Å². The number of anilines is 1. The van der Waals surface area contributed by atoms with Crippen LogP contribution >= 0.6 is 22.9 Å². The molecule has 0 spiro atoms. The molecule has 0 radical (unpaired) electrons. The van der Waals surface area contributed by atoms with Crippen molar-refractivity contribution in [2.75, 3.05) is 5.32 Å². The molecule has 1 N–H and O–H groups in total. The normalized spacial score (nSPS) is 10.6. The van der Waals surface area contributed by atoms with Crippen LogP contribution in [0.1, 0.15) is 10.4 Å². The molecule has 1 aromatic heterocycles. The first kappa shape index (κ1) is 17.5. The summed E-state index contributed by atoms with van der Waals surface area (Å²) in [6, 6.07) is 24.7. The van der Waals surface area contributed by atoms with Crippen molar-refractivity contribution in [2.24, 2.45) is 0 Å². The average molecular weight is 391 g/mol. The van der Waals surface area contributed by atoms with Gasteiger partial charge in [0.25, 0.3) is 5.91 Å². The Morgan fingerprint density at radius 2 is 1.63 bits per heavy atom. The first-order valence-electron chi connectivity index (χ1n) is 8.38. The zero-order valence-electron chi connectivity index (χ0n) is 14.2. The van der Waals surface area contributed by atoms with Gasteiger partial charge < -0.3 is 5.32 Å². The average Bonchev–Trinajstić information content (AvgIpc) is 3.19. The van der Waals surface area contributed by atoms with E-state index in [0.717, 1.165) is 21.8 Å². The van der Waals surface area contributed by atoms with Gasteiger partial charge in [0.05, 0.1) is 16.3 Å². The van der Waals surface area contributed by atoms with Crippen LogP contribution in [0, 0.1) is 0 Å². The van der Waals surface area contributed by atoms with E-state index in [0.29, 0.717) is 16.3 Å². The quantitative estimate of drug-likeness (QED) is 0.439. The smallest absolute Gasteiger partial charge is 0.257 e. The van der Waals surface area contributed by atoms with Crippen molar-refractivity contribution in [2.45, 2.75) is 0 Å². The lowest BCUT2D eigenvalue weighted by Crippen LogP contribution is -2.12. The Bertz CT molecular complexity index is 1090. The minimum Gasteiger partial charge on any atom is -0.322 e. The van der Waals surface area contributed by atoms with Crippen molar-refractivity contribution in [3.05, 3.63) is 94.8 Å². The Hall–Kier alpha value is -2.95. The maximum atomic E-state index is 12.5. The molecule has 0 saturated carbocycles. The molecule has 27 heavy (non-hydrogen) atoms. The van der Waals surface area contributed by atoms with Gasteiger partial charge in [-0.25, -0.2) is 4.98 Å². The third-order valence-corrected chi connectivity index (χ3v) is 5.28. The summed E-state index contributed by atoms with van der Waals surface area (Å²) < 4.78 is 0. The van der Waals surface area contributed by atoms with Gasteiger partial charge in [-0.2, -0.15) is 0 Å². The molecule has 1 heterocycles. The van der Waals surface area contributed by atoms with E-state index in [1.165, 1.54) is 0 Å². The monoisotopic (exact) mass is 390 g/mol. The summed E-state index contributed by atoms with van der Waals surface area (Å²) in [5, 5.41) is 6.32. The maximum Gasteiger partial charge on any atom is 0.257 e. The van der Waals surface area contributed by atoms with Crippen molar-refractivity contribution in [1.29, 1.82) is 0 Å². The molecule has 4 aromatic rings. The minimum absolute atomic E-state index is 0.235. The number of rotatable bonds is 4. The van der Waals surface area contributed by atoms with Crippen LogP contribution < -0.4 is 5.32 Å². The van der Waals surface area contributed by atoms with E-state index < -0.39 is 0 Å². The lowest BCUT2D eigenvalue weighted by molar-refractivity contribution is 0.102. The highest BCUT2D eigenvalue weighted by Crippen LogP contribution is 2.30. The molecule has 0 bridgehead atoms. The number of hydrogen-bond donors (Lipinski definition) is 1. The molecule has 0 aliphatic carbocycles. The third kappa shape index (κ3) is 3.92. The van der Waals surface area contributed by atoms with Crippen molar-refractivity contribution < 1.29 is 4.79 Å². The fourth-order valence-corrected chi connectivity index (χ4v) is 3.78. The van der Waals surface area contributed by atoms with E-state index in [1.807, 2.05) is 60.0 Å². The minimum atomic E-state index is -0.235. The number of aromatic nitrogens is 1. The molecule has 5 heteroatoms. The highest BCUT2D eigenvalue weighted by atomic mass is 35.5. The van der Waals surface area contributed by atoms with Gasteiger partial charge in [0.15, 0.2) is 0 Å². The lowest BCUT2D eigenvalue weighted by Gasteiger charge is -2.08. The number of carbonyl (C=O) groups excluding carboxylic acids is 1. The van der Waals surface area contributed by atoms with E-state index in [2.05, 4.69) is 5.32 Å². The van der Waals surface area contributed by atoms with Gasteiger partial charge in [-0.05, 0) is 24.3 Å². The molecule has 3 aromatic carbocycles. The number of thiazole rings is 1. The number of benzene rings is 3. The molecular weight excluding hydrogens is 376 g/mol. The molecule has 132 valence electrons. The summed E-state index contributed by atoms with van der Waals surface area (Å²) in [7, 11) is 0. The van der Waals surface area contributed by atoms with Crippen molar-refractivity contribution in [3.63, 3.8) is 0 Å². The zero-order chi connectivity index (χ0) is 18.6. The molecule has 0 aliphatic heterocycles. The molecule has 3 nitrogen and oxygen atoms in total. The summed E-state index contributed by atoms with van der Waals surface area (Å²) >= 11 is 7.70. The fraction of sp³-hybridized carbons (Fsp3) is 0. The molecule has 4 rings (SSSR count). The van der Waals surface area contributed by atoms with E-state index in [9.17, 15) is 4.79 Å². The Balaban J connectivity index is 1.57. The number of amides is 1. The van der Waals surface area contributed by atoms with Crippen molar-refractivity contribution >= 4 is 34.5 Å². The number of halogens is 1. The molecule has 0 saturated heterocycles. The summed E-state index contributed by atoms with van der Waals surface area (Å²) in [5.74, 6) is -0.235. The second-order valence-corrected chi connectivity index (χ2v) is 7.18. The summed E-state index contributed by atoms with van der Waals surface area (Å²) in [4.78, 5) is 17.2. The van der Waals surface area contributed by atoms with Gasteiger partial charge in [-0.3, -0.25) is 4.79 Å². The standard InChI is InChI=1S/C22H15ClN2OS/c23-19-12-5-4-11-18(19)21(26)24-17-10-6-9-16(13-17)20-14-27-22(25-20)15-7-2-1-3-8-15/h1-14H,(H,24,26). The Morgan fingerprint density at radius 3 is 2.44 bits per heavy atom. The van der Waals surface area contributed by atoms with E-state index >= 15 is 0 Å². The Morgan fingerprint density at radius 1 is 0.889 bits per heavy atom. The Labute approximate surface area is 166 Å². The molecule has 0 atom stereocenters. The maximum absolute atomic E-state index is 12.5. The Kier molecular flexibility index (Phi) is 5.01. The van der Waals surface area contributed by atoms with Crippen LogP contribution in [-0.2, 0) is 0 Å². The predicted molar refractivity (Wildman–Crippen MR) is 112 cm³/mol. The third-order valence-electron chi connectivity index (χ3n) is 4.06. The van der Waals surface area contributed by atoms with Crippen LogP contribution in [0.4, 0.5) is 5.69 Å². The van der Waals surface area contributed by atoms with Crippen LogP contribution in [0.25, 0.3) is 21.8 Å². The van der Waals surface area contributed by atoms with Gasteiger partial charge in [-0.1, -0.05) is 66.2 Å². The van der Waals surface area contributed by atoms with E-state index in [4.69, 9.17) is 16.6 Å². The van der Waals surface area contributed by atoms with Crippen LogP contribution in [0.2, 0.25) is 5.02 Å². The molecular formula is C22H15ClN2OS. The highest BCUT2D eigenvalue weighted by Gasteiger charge is 2.11. The highest BCUT2D eigenvalue weighted by molar-refractivity contribution is 7.13. The van der Waals surface area contributed by atoms with E-state index in [1.54, 1.807) is 35.6 Å².